The molecule has 0 aliphatic carbocycles. The van der Waals surface area contributed by atoms with Crippen LogP contribution in [0, 0.1) is 5.82 Å². The Balaban J connectivity index is 0.00000361. The van der Waals surface area contributed by atoms with E-state index in [0.717, 1.165) is 0 Å². The van der Waals surface area contributed by atoms with E-state index in [0.29, 0.717) is 12.3 Å². The second-order valence-electron chi connectivity index (χ2n) is 4.22. The van der Waals surface area contributed by atoms with Crippen molar-refractivity contribution < 1.29 is 18.7 Å². The number of anilines is 1. The summed E-state index contributed by atoms with van der Waals surface area (Å²) >= 11 is 0. The lowest BCUT2D eigenvalue weighted by Crippen LogP contribution is -2.24. The summed E-state index contributed by atoms with van der Waals surface area (Å²) in [5, 5.41) is 2.57. The third-order valence-electron chi connectivity index (χ3n) is 2.27. The number of carbonyl (C=O) groups is 1. The number of hydrogen-bond acceptors (Lipinski definition) is 4. The van der Waals surface area contributed by atoms with E-state index in [4.69, 9.17) is 15.2 Å². The number of rotatable bonds is 7. The number of ether oxygens (including phenoxy) is 2. The molecule has 20 heavy (non-hydrogen) atoms. The van der Waals surface area contributed by atoms with Crippen molar-refractivity contribution >= 4 is 24.0 Å². The van der Waals surface area contributed by atoms with E-state index in [1.54, 1.807) is 13.0 Å². The van der Waals surface area contributed by atoms with Crippen molar-refractivity contribution in [2.24, 2.45) is 5.73 Å². The summed E-state index contributed by atoms with van der Waals surface area (Å²) in [6, 6.07) is 4.01. The van der Waals surface area contributed by atoms with Crippen LogP contribution >= 0.6 is 12.4 Å². The minimum atomic E-state index is -0.533. The van der Waals surface area contributed by atoms with Gasteiger partial charge in [-0.3, -0.25) is 4.79 Å². The molecule has 3 N–H and O–H groups in total. The first-order valence-corrected chi connectivity index (χ1v) is 5.99. The van der Waals surface area contributed by atoms with Crippen LogP contribution in [0.2, 0.25) is 0 Å². The molecule has 5 nitrogen and oxygen atoms in total. The minimum Gasteiger partial charge on any atom is -0.488 e. The van der Waals surface area contributed by atoms with E-state index in [1.165, 1.54) is 19.2 Å². The Bertz CT molecular complexity index is 430. The fraction of sp³-hybridized carbons (Fsp3) is 0.462. The molecule has 0 saturated carbocycles. The Morgan fingerprint density at radius 3 is 2.70 bits per heavy atom. The Hall–Kier alpha value is -1.37. The molecule has 1 aromatic carbocycles. The molecule has 1 unspecified atom stereocenters. The summed E-state index contributed by atoms with van der Waals surface area (Å²) < 4.78 is 23.6. The van der Waals surface area contributed by atoms with Gasteiger partial charge in [0.2, 0.25) is 5.91 Å². The summed E-state index contributed by atoms with van der Waals surface area (Å²) in [4.78, 5) is 11.5. The van der Waals surface area contributed by atoms with Crippen molar-refractivity contribution in [1.82, 2.24) is 0 Å². The van der Waals surface area contributed by atoms with Crippen molar-refractivity contribution in [3.05, 3.63) is 24.0 Å². The number of carbonyl (C=O) groups excluding carboxylic acids is 1. The molecule has 0 aliphatic heterocycles. The molecule has 0 heterocycles. The molecule has 7 heteroatoms. The van der Waals surface area contributed by atoms with Gasteiger partial charge in [-0.2, -0.15) is 0 Å². The lowest BCUT2D eigenvalue weighted by molar-refractivity contribution is -0.116. The molecule has 0 radical (unpaired) electrons. The maximum atomic E-state index is 13.6. The summed E-state index contributed by atoms with van der Waals surface area (Å²) in [6.07, 6.45) is 0.188. The smallest absolute Gasteiger partial charge is 0.225 e. The molecule has 114 valence electrons. The van der Waals surface area contributed by atoms with Crippen LogP contribution in [0.25, 0.3) is 0 Å². The van der Waals surface area contributed by atoms with Gasteiger partial charge in [-0.15, -0.1) is 12.4 Å². The van der Waals surface area contributed by atoms with Crippen LogP contribution in [0.1, 0.15) is 13.3 Å². The van der Waals surface area contributed by atoms with Crippen LogP contribution in [0.3, 0.4) is 0 Å². The maximum Gasteiger partial charge on any atom is 0.225 e. The van der Waals surface area contributed by atoms with E-state index in [1.807, 2.05) is 0 Å². The third kappa shape index (κ3) is 6.70. The molecular formula is C13H20ClFN2O3. The molecule has 0 aromatic heterocycles. The maximum absolute atomic E-state index is 13.6. The van der Waals surface area contributed by atoms with Gasteiger partial charge in [0.15, 0.2) is 11.6 Å². The Kier molecular flexibility index (Phi) is 8.87. The van der Waals surface area contributed by atoms with Crippen molar-refractivity contribution in [3.8, 4) is 5.75 Å². The molecule has 1 atom stereocenters. The van der Waals surface area contributed by atoms with Gasteiger partial charge in [-0.05, 0) is 19.1 Å². The summed E-state index contributed by atoms with van der Waals surface area (Å²) in [6.45, 7) is 2.38. The van der Waals surface area contributed by atoms with Crippen LogP contribution in [0.4, 0.5) is 10.1 Å². The van der Waals surface area contributed by atoms with Gasteiger partial charge >= 0.3 is 0 Å². The lowest BCUT2D eigenvalue weighted by Gasteiger charge is -2.10. The zero-order valence-electron chi connectivity index (χ0n) is 11.5. The SMILES string of the molecule is COCCOc1ccc(NC(=O)CC(C)N)cc1F.Cl. The second kappa shape index (κ2) is 9.52. The quantitative estimate of drug-likeness (QED) is 0.755. The zero-order valence-corrected chi connectivity index (χ0v) is 12.3. The molecule has 1 rings (SSSR count). The number of hydrogen-bond donors (Lipinski definition) is 2. The average Bonchev–Trinajstić information content (AvgIpc) is 2.31. The molecule has 1 aromatic rings. The number of benzene rings is 1. The first-order valence-electron chi connectivity index (χ1n) is 5.99. The van der Waals surface area contributed by atoms with Gasteiger partial charge in [0.25, 0.3) is 0 Å². The molecule has 0 aliphatic rings. The van der Waals surface area contributed by atoms with Crippen LogP contribution < -0.4 is 15.8 Å². The average molecular weight is 307 g/mol. The molecule has 0 fully saturated rings. The van der Waals surface area contributed by atoms with Crippen LogP contribution in [-0.2, 0) is 9.53 Å². The molecule has 0 saturated heterocycles. The molecule has 0 spiro atoms. The van der Waals surface area contributed by atoms with Crippen LogP contribution in [-0.4, -0.2) is 32.3 Å². The predicted octanol–water partition coefficient (Wildman–Crippen LogP) is 1.95. The Labute approximate surface area is 124 Å². The lowest BCUT2D eigenvalue weighted by atomic mass is 10.2. The fourth-order valence-corrected chi connectivity index (χ4v) is 1.44. The van der Waals surface area contributed by atoms with E-state index >= 15 is 0 Å². The molecular weight excluding hydrogens is 287 g/mol. The Morgan fingerprint density at radius 2 is 2.15 bits per heavy atom. The summed E-state index contributed by atoms with van der Waals surface area (Å²) in [5.41, 5.74) is 5.88. The minimum absolute atomic E-state index is 0. The van der Waals surface area contributed by atoms with Gasteiger partial charge in [-0.25, -0.2) is 4.39 Å². The number of methoxy groups -OCH3 is 1. The van der Waals surface area contributed by atoms with Gasteiger partial charge < -0.3 is 20.5 Å². The van der Waals surface area contributed by atoms with Gasteiger partial charge in [0.1, 0.15) is 6.61 Å². The Morgan fingerprint density at radius 1 is 1.45 bits per heavy atom. The predicted molar refractivity (Wildman–Crippen MR) is 77.9 cm³/mol. The standard InChI is InChI=1S/C13H19FN2O3.ClH/c1-9(15)7-13(17)16-10-3-4-12(11(14)8-10)19-6-5-18-2;/h3-4,8-9H,5-7,15H2,1-2H3,(H,16,17);1H. The summed E-state index contributed by atoms with van der Waals surface area (Å²) in [5.74, 6) is -0.653. The number of halogens is 2. The topological polar surface area (TPSA) is 73.6 Å². The second-order valence-corrected chi connectivity index (χ2v) is 4.22. The summed E-state index contributed by atoms with van der Waals surface area (Å²) in [7, 11) is 1.54. The highest BCUT2D eigenvalue weighted by atomic mass is 35.5. The van der Waals surface area contributed by atoms with Gasteiger partial charge in [-0.1, -0.05) is 0 Å². The fourth-order valence-electron chi connectivity index (χ4n) is 1.44. The monoisotopic (exact) mass is 306 g/mol. The van der Waals surface area contributed by atoms with Crippen LogP contribution in [0.5, 0.6) is 5.75 Å². The zero-order chi connectivity index (χ0) is 14.3. The van der Waals surface area contributed by atoms with E-state index < -0.39 is 5.82 Å². The van der Waals surface area contributed by atoms with Crippen molar-refractivity contribution in [2.45, 2.75) is 19.4 Å². The number of nitrogens with one attached hydrogen (secondary N) is 1. The molecule has 0 bridgehead atoms. The number of nitrogens with two attached hydrogens (primary N) is 1. The number of amides is 1. The highest BCUT2D eigenvalue weighted by Gasteiger charge is 2.08. The van der Waals surface area contributed by atoms with Crippen LogP contribution in [0.15, 0.2) is 18.2 Å². The van der Waals surface area contributed by atoms with Crippen molar-refractivity contribution in [2.75, 3.05) is 25.6 Å². The van der Waals surface area contributed by atoms with E-state index in [9.17, 15) is 9.18 Å². The van der Waals surface area contributed by atoms with E-state index in [-0.39, 0.29) is 43.1 Å². The first-order chi connectivity index (χ1) is 9.02. The molecule has 1 amide bonds. The van der Waals surface area contributed by atoms with E-state index in [2.05, 4.69) is 5.32 Å². The highest BCUT2D eigenvalue weighted by molar-refractivity contribution is 5.91. The first kappa shape index (κ1) is 18.6. The largest absolute Gasteiger partial charge is 0.488 e. The highest BCUT2D eigenvalue weighted by Crippen LogP contribution is 2.21. The van der Waals surface area contributed by atoms with Gasteiger partial charge in [0.05, 0.1) is 6.61 Å². The van der Waals surface area contributed by atoms with Gasteiger partial charge in [0, 0.05) is 31.3 Å². The van der Waals surface area contributed by atoms with Crippen molar-refractivity contribution in [1.29, 1.82) is 0 Å². The normalized spacial score (nSPS) is 11.4. The van der Waals surface area contributed by atoms with Crippen molar-refractivity contribution in [3.63, 3.8) is 0 Å². The third-order valence-corrected chi connectivity index (χ3v) is 2.27.